The first-order valence-electron chi connectivity index (χ1n) is 6.36. The smallest absolute Gasteiger partial charge is 0.152 e. The molecule has 0 aliphatic rings. The summed E-state index contributed by atoms with van der Waals surface area (Å²) in [5, 5.41) is 7.76. The Bertz CT molecular complexity index is 503. The van der Waals surface area contributed by atoms with E-state index in [4.69, 9.17) is 0 Å². The van der Waals surface area contributed by atoms with Crippen molar-refractivity contribution in [2.24, 2.45) is 0 Å². The Morgan fingerprint density at radius 2 is 2.17 bits per heavy atom. The van der Waals surface area contributed by atoms with Crippen molar-refractivity contribution < 1.29 is 0 Å². The number of unbranched alkanes of at least 4 members (excludes halogenated alkanes) is 1. The molecule has 5 nitrogen and oxygen atoms in total. The van der Waals surface area contributed by atoms with E-state index >= 15 is 0 Å². The van der Waals surface area contributed by atoms with Gasteiger partial charge in [0.15, 0.2) is 5.82 Å². The van der Waals surface area contributed by atoms with Gasteiger partial charge in [-0.2, -0.15) is 5.10 Å². The second-order valence-electron chi connectivity index (χ2n) is 4.83. The molecule has 0 aromatic carbocycles. The summed E-state index contributed by atoms with van der Waals surface area (Å²) in [5.74, 6) is 0.919. The Morgan fingerprint density at radius 3 is 2.94 bits per heavy atom. The van der Waals surface area contributed by atoms with Gasteiger partial charge in [0.05, 0.1) is 5.69 Å². The van der Waals surface area contributed by atoms with E-state index in [9.17, 15) is 0 Å². The minimum atomic E-state index is 0.919. The normalized spacial score (nSPS) is 11.3. The average Bonchev–Trinajstić information content (AvgIpc) is 2.69. The predicted octanol–water partition coefficient (Wildman–Crippen LogP) is 1.79. The lowest BCUT2D eigenvalue weighted by Gasteiger charge is -2.10. The Hall–Kier alpha value is -1.62. The highest BCUT2D eigenvalue weighted by Gasteiger charge is 2.04. The summed E-state index contributed by atoms with van der Waals surface area (Å²) in [4.78, 5) is 6.58. The number of hydrogen-bond acceptors (Lipinski definition) is 4. The minimum absolute atomic E-state index is 0.919. The summed E-state index contributed by atoms with van der Waals surface area (Å²) in [6.45, 7) is 4.07. The number of aromatic nitrogens is 3. The Labute approximate surface area is 108 Å². The van der Waals surface area contributed by atoms with Crippen molar-refractivity contribution in [1.29, 1.82) is 0 Å². The fourth-order valence-electron chi connectivity index (χ4n) is 1.94. The van der Waals surface area contributed by atoms with Gasteiger partial charge in [0.25, 0.3) is 0 Å². The number of anilines is 1. The van der Waals surface area contributed by atoms with Crippen LogP contribution in [0.25, 0.3) is 5.52 Å². The maximum Gasteiger partial charge on any atom is 0.152 e. The first-order valence-corrected chi connectivity index (χ1v) is 6.36. The second-order valence-corrected chi connectivity index (χ2v) is 4.83. The van der Waals surface area contributed by atoms with Gasteiger partial charge in [0.1, 0.15) is 5.52 Å². The van der Waals surface area contributed by atoms with Crippen LogP contribution in [0.5, 0.6) is 0 Å². The Balaban J connectivity index is 1.91. The van der Waals surface area contributed by atoms with Crippen LogP contribution in [-0.2, 0) is 0 Å². The van der Waals surface area contributed by atoms with Crippen LogP contribution in [-0.4, -0.2) is 46.7 Å². The molecule has 0 aliphatic carbocycles. The van der Waals surface area contributed by atoms with Gasteiger partial charge >= 0.3 is 0 Å². The van der Waals surface area contributed by atoms with Crippen molar-refractivity contribution >= 4 is 11.3 Å². The minimum Gasteiger partial charge on any atom is -0.368 e. The zero-order valence-electron chi connectivity index (χ0n) is 11.3. The van der Waals surface area contributed by atoms with E-state index in [1.807, 2.05) is 17.6 Å². The van der Waals surface area contributed by atoms with Crippen LogP contribution < -0.4 is 5.32 Å². The number of hydrogen-bond donors (Lipinski definition) is 1. The zero-order chi connectivity index (χ0) is 13.0. The van der Waals surface area contributed by atoms with E-state index in [0.29, 0.717) is 0 Å². The second kappa shape index (κ2) is 5.82. The predicted molar refractivity (Wildman–Crippen MR) is 74.0 cm³/mol. The van der Waals surface area contributed by atoms with Gasteiger partial charge in [-0.3, -0.25) is 0 Å². The molecule has 0 saturated heterocycles. The highest BCUT2D eigenvalue weighted by atomic mass is 15.2. The number of aryl methyl sites for hydroxylation is 1. The third-order valence-corrected chi connectivity index (χ3v) is 2.84. The maximum absolute atomic E-state index is 4.37. The molecular formula is C13H21N5. The van der Waals surface area contributed by atoms with Gasteiger partial charge in [0.2, 0.25) is 0 Å². The molecule has 5 heteroatoms. The van der Waals surface area contributed by atoms with Crippen LogP contribution in [0.4, 0.5) is 5.82 Å². The molecule has 18 heavy (non-hydrogen) atoms. The third-order valence-electron chi connectivity index (χ3n) is 2.84. The van der Waals surface area contributed by atoms with Gasteiger partial charge in [-0.15, -0.1) is 0 Å². The largest absolute Gasteiger partial charge is 0.368 e. The first kappa shape index (κ1) is 12.8. The van der Waals surface area contributed by atoms with E-state index in [1.165, 1.54) is 6.42 Å². The topological polar surface area (TPSA) is 45.5 Å². The van der Waals surface area contributed by atoms with Gasteiger partial charge < -0.3 is 10.2 Å². The van der Waals surface area contributed by atoms with Crippen molar-refractivity contribution in [1.82, 2.24) is 19.5 Å². The molecule has 0 radical (unpaired) electrons. The molecule has 0 spiro atoms. The SMILES string of the molecule is Cc1cc2c(NCCCCN(C)C)nccn2n1. The van der Waals surface area contributed by atoms with Crippen molar-refractivity contribution in [3.05, 3.63) is 24.2 Å². The van der Waals surface area contributed by atoms with Gasteiger partial charge in [-0.1, -0.05) is 0 Å². The van der Waals surface area contributed by atoms with E-state index in [1.54, 1.807) is 6.20 Å². The summed E-state index contributed by atoms with van der Waals surface area (Å²) in [6.07, 6.45) is 6.00. The molecule has 2 aromatic rings. The number of rotatable bonds is 6. The summed E-state index contributed by atoms with van der Waals surface area (Å²) >= 11 is 0. The lowest BCUT2D eigenvalue weighted by Crippen LogP contribution is -2.14. The third kappa shape index (κ3) is 3.20. The monoisotopic (exact) mass is 247 g/mol. The van der Waals surface area contributed by atoms with Gasteiger partial charge in [-0.05, 0) is 46.5 Å². The molecule has 2 heterocycles. The van der Waals surface area contributed by atoms with Crippen LogP contribution >= 0.6 is 0 Å². The molecule has 0 amide bonds. The van der Waals surface area contributed by atoms with Crippen LogP contribution in [0.1, 0.15) is 18.5 Å². The molecule has 0 unspecified atom stereocenters. The molecule has 0 saturated carbocycles. The van der Waals surface area contributed by atoms with Crippen molar-refractivity contribution in [3.8, 4) is 0 Å². The standard InChI is InChI=1S/C13H21N5/c1-11-10-12-13(15-7-9-18(12)16-11)14-6-4-5-8-17(2)3/h7,9-10H,4-6,8H2,1-3H3,(H,14,15). The van der Waals surface area contributed by atoms with Crippen molar-refractivity contribution in [3.63, 3.8) is 0 Å². The first-order chi connectivity index (χ1) is 8.66. The summed E-state index contributed by atoms with van der Waals surface area (Å²) < 4.78 is 1.87. The quantitative estimate of drug-likeness (QED) is 0.791. The van der Waals surface area contributed by atoms with Crippen LogP contribution in [0.3, 0.4) is 0 Å². The Kier molecular flexibility index (Phi) is 4.15. The molecule has 2 rings (SSSR count). The molecule has 0 aliphatic heterocycles. The summed E-state index contributed by atoms with van der Waals surface area (Å²) in [7, 11) is 4.20. The van der Waals surface area contributed by atoms with E-state index < -0.39 is 0 Å². The summed E-state index contributed by atoms with van der Waals surface area (Å²) in [6, 6.07) is 2.05. The van der Waals surface area contributed by atoms with Crippen molar-refractivity contribution in [2.75, 3.05) is 32.5 Å². The zero-order valence-corrected chi connectivity index (χ0v) is 11.3. The highest BCUT2D eigenvalue weighted by Crippen LogP contribution is 2.14. The fraction of sp³-hybridized carbons (Fsp3) is 0.538. The maximum atomic E-state index is 4.37. The molecule has 98 valence electrons. The van der Waals surface area contributed by atoms with Crippen LogP contribution in [0.15, 0.2) is 18.5 Å². The lowest BCUT2D eigenvalue weighted by molar-refractivity contribution is 0.396. The number of nitrogens with zero attached hydrogens (tertiary/aromatic N) is 4. The molecule has 0 bridgehead atoms. The molecule has 0 atom stereocenters. The number of nitrogens with one attached hydrogen (secondary N) is 1. The Morgan fingerprint density at radius 1 is 1.33 bits per heavy atom. The molecular weight excluding hydrogens is 226 g/mol. The molecule has 1 N–H and O–H groups in total. The molecule has 0 fully saturated rings. The lowest BCUT2D eigenvalue weighted by atomic mass is 10.3. The van der Waals surface area contributed by atoms with Gasteiger partial charge in [-0.25, -0.2) is 9.50 Å². The van der Waals surface area contributed by atoms with E-state index in [-0.39, 0.29) is 0 Å². The van der Waals surface area contributed by atoms with Crippen LogP contribution in [0, 0.1) is 6.92 Å². The van der Waals surface area contributed by atoms with E-state index in [0.717, 1.165) is 36.5 Å². The van der Waals surface area contributed by atoms with Crippen LogP contribution in [0.2, 0.25) is 0 Å². The molecule has 2 aromatic heterocycles. The van der Waals surface area contributed by atoms with Crippen molar-refractivity contribution in [2.45, 2.75) is 19.8 Å². The van der Waals surface area contributed by atoms with Gasteiger partial charge in [0, 0.05) is 18.9 Å². The number of fused-ring (bicyclic) bond motifs is 1. The van der Waals surface area contributed by atoms with E-state index in [2.05, 4.69) is 40.5 Å². The fourth-order valence-corrected chi connectivity index (χ4v) is 1.94. The highest BCUT2D eigenvalue weighted by molar-refractivity contribution is 5.67. The summed E-state index contributed by atoms with van der Waals surface area (Å²) in [5.41, 5.74) is 2.06. The average molecular weight is 247 g/mol.